The molecule has 0 saturated carbocycles. The van der Waals surface area contributed by atoms with Gasteiger partial charge in [0.1, 0.15) is 11.3 Å². The third-order valence-corrected chi connectivity index (χ3v) is 4.12. The number of carbonyl (C=O) groups is 2. The van der Waals surface area contributed by atoms with Crippen LogP contribution in [0.2, 0.25) is 0 Å². The standard InChI is InChI=1S/C20H25NO4/c1-12(2)21(13(3)4)19(23)14(5)25-20(24)17-11-10-15-8-6-7-9-16(15)18(17)22/h6-14,22H,1-5H3/t14-/m0/s1. The highest BCUT2D eigenvalue weighted by molar-refractivity contribution is 6.01. The Balaban J connectivity index is 2.22. The summed E-state index contributed by atoms with van der Waals surface area (Å²) < 4.78 is 5.32. The highest BCUT2D eigenvalue weighted by Crippen LogP contribution is 2.29. The smallest absolute Gasteiger partial charge is 0.342 e. The van der Waals surface area contributed by atoms with Gasteiger partial charge in [0.25, 0.3) is 5.91 Å². The molecule has 0 bridgehead atoms. The van der Waals surface area contributed by atoms with E-state index in [0.717, 1.165) is 5.39 Å². The number of nitrogens with zero attached hydrogens (tertiary/aromatic N) is 1. The highest BCUT2D eigenvalue weighted by Gasteiger charge is 2.28. The number of benzene rings is 2. The van der Waals surface area contributed by atoms with Crippen molar-refractivity contribution >= 4 is 22.6 Å². The van der Waals surface area contributed by atoms with Gasteiger partial charge in [0.05, 0.1) is 0 Å². The van der Waals surface area contributed by atoms with Gasteiger partial charge in [-0.25, -0.2) is 4.79 Å². The molecule has 1 atom stereocenters. The number of hydrogen-bond acceptors (Lipinski definition) is 4. The summed E-state index contributed by atoms with van der Waals surface area (Å²) in [7, 11) is 0. The van der Waals surface area contributed by atoms with E-state index in [2.05, 4.69) is 0 Å². The van der Waals surface area contributed by atoms with Crippen LogP contribution in [0, 0.1) is 0 Å². The van der Waals surface area contributed by atoms with Crippen molar-refractivity contribution in [2.75, 3.05) is 0 Å². The summed E-state index contributed by atoms with van der Waals surface area (Å²) >= 11 is 0. The number of ether oxygens (including phenoxy) is 1. The molecule has 2 rings (SSSR count). The summed E-state index contributed by atoms with van der Waals surface area (Å²) in [6.07, 6.45) is -0.928. The maximum Gasteiger partial charge on any atom is 0.342 e. The minimum atomic E-state index is -0.928. The number of aromatic hydroxyl groups is 1. The van der Waals surface area contributed by atoms with E-state index in [0.29, 0.717) is 5.39 Å². The first-order valence-corrected chi connectivity index (χ1v) is 8.48. The van der Waals surface area contributed by atoms with Gasteiger partial charge >= 0.3 is 5.97 Å². The number of hydrogen-bond donors (Lipinski definition) is 1. The lowest BCUT2D eigenvalue weighted by molar-refractivity contribution is -0.143. The second-order valence-electron chi connectivity index (χ2n) is 6.66. The summed E-state index contributed by atoms with van der Waals surface area (Å²) in [5.74, 6) is -1.09. The zero-order chi connectivity index (χ0) is 18.7. The van der Waals surface area contributed by atoms with E-state index >= 15 is 0 Å². The molecular formula is C20H25NO4. The van der Waals surface area contributed by atoms with Crippen LogP contribution < -0.4 is 0 Å². The van der Waals surface area contributed by atoms with E-state index in [1.165, 1.54) is 6.07 Å². The van der Waals surface area contributed by atoms with Crippen molar-refractivity contribution in [2.45, 2.75) is 52.8 Å². The van der Waals surface area contributed by atoms with Crippen LogP contribution in [0.15, 0.2) is 36.4 Å². The predicted octanol–water partition coefficient (Wildman–Crippen LogP) is 3.74. The summed E-state index contributed by atoms with van der Waals surface area (Å²) in [4.78, 5) is 26.7. The molecule has 2 aromatic carbocycles. The molecule has 0 radical (unpaired) electrons. The molecule has 1 amide bonds. The fourth-order valence-electron chi connectivity index (χ4n) is 3.01. The van der Waals surface area contributed by atoms with Gasteiger partial charge in [0.2, 0.25) is 0 Å². The molecule has 2 aromatic rings. The number of fused-ring (bicyclic) bond motifs is 1. The lowest BCUT2D eigenvalue weighted by Gasteiger charge is -2.32. The number of carbonyl (C=O) groups excluding carboxylic acids is 2. The van der Waals surface area contributed by atoms with Gasteiger partial charge in [0.15, 0.2) is 6.10 Å². The second kappa shape index (κ2) is 7.55. The van der Waals surface area contributed by atoms with Crippen molar-refractivity contribution in [3.63, 3.8) is 0 Å². The first kappa shape index (κ1) is 18.8. The normalized spacial score (nSPS) is 12.4. The average molecular weight is 343 g/mol. The zero-order valence-corrected chi connectivity index (χ0v) is 15.3. The number of amides is 1. The predicted molar refractivity (Wildman–Crippen MR) is 97.6 cm³/mol. The molecule has 0 heterocycles. The molecule has 0 spiro atoms. The number of esters is 1. The molecule has 0 unspecified atom stereocenters. The van der Waals surface area contributed by atoms with Crippen LogP contribution >= 0.6 is 0 Å². The van der Waals surface area contributed by atoms with Crippen LogP contribution in [0.25, 0.3) is 10.8 Å². The zero-order valence-electron chi connectivity index (χ0n) is 15.3. The van der Waals surface area contributed by atoms with Gasteiger partial charge in [-0.3, -0.25) is 4.79 Å². The largest absolute Gasteiger partial charge is 0.506 e. The lowest BCUT2D eigenvalue weighted by Crippen LogP contribution is -2.47. The molecule has 1 N–H and O–H groups in total. The van der Waals surface area contributed by atoms with Crippen LogP contribution in [0.4, 0.5) is 0 Å². The van der Waals surface area contributed by atoms with E-state index in [9.17, 15) is 14.7 Å². The molecule has 0 aliphatic rings. The van der Waals surface area contributed by atoms with Crippen LogP contribution in [-0.2, 0) is 9.53 Å². The van der Waals surface area contributed by atoms with Gasteiger partial charge in [-0.15, -0.1) is 0 Å². The molecule has 0 aliphatic carbocycles. The SMILES string of the molecule is CC(C)N(C(=O)[C@H](C)OC(=O)c1ccc2ccccc2c1O)C(C)C. The Hall–Kier alpha value is -2.56. The monoisotopic (exact) mass is 343 g/mol. The summed E-state index contributed by atoms with van der Waals surface area (Å²) in [5, 5.41) is 11.8. The second-order valence-corrected chi connectivity index (χ2v) is 6.66. The maximum atomic E-state index is 12.6. The van der Waals surface area contributed by atoms with E-state index < -0.39 is 12.1 Å². The van der Waals surface area contributed by atoms with Crippen molar-refractivity contribution in [3.05, 3.63) is 42.0 Å². The highest BCUT2D eigenvalue weighted by atomic mass is 16.5. The Kier molecular flexibility index (Phi) is 5.67. The molecule has 0 fully saturated rings. The van der Waals surface area contributed by atoms with Gasteiger partial charge in [-0.2, -0.15) is 0 Å². The molecule has 0 aliphatic heterocycles. The van der Waals surface area contributed by atoms with Crippen LogP contribution in [0.3, 0.4) is 0 Å². The maximum absolute atomic E-state index is 12.6. The van der Waals surface area contributed by atoms with E-state index in [-0.39, 0.29) is 29.3 Å². The van der Waals surface area contributed by atoms with Crippen LogP contribution in [0.1, 0.15) is 45.0 Å². The van der Waals surface area contributed by atoms with Crippen LogP contribution in [-0.4, -0.2) is 40.1 Å². The minimum Gasteiger partial charge on any atom is -0.506 e. The number of phenols is 1. The topological polar surface area (TPSA) is 66.8 Å². The number of rotatable bonds is 5. The lowest BCUT2D eigenvalue weighted by atomic mass is 10.1. The Morgan fingerprint density at radius 1 is 0.960 bits per heavy atom. The van der Waals surface area contributed by atoms with Crippen LogP contribution in [0.5, 0.6) is 5.75 Å². The van der Waals surface area contributed by atoms with Crippen molar-refractivity contribution in [2.24, 2.45) is 0 Å². The van der Waals surface area contributed by atoms with Gasteiger partial charge in [-0.1, -0.05) is 30.3 Å². The van der Waals surface area contributed by atoms with Crippen molar-refractivity contribution < 1.29 is 19.4 Å². The van der Waals surface area contributed by atoms with Gasteiger partial charge < -0.3 is 14.7 Å². The Morgan fingerprint density at radius 2 is 1.56 bits per heavy atom. The molecule has 25 heavy (non-hydrogen) atoms. The van der Waals surface area contributed by atoms with E-state index in [1.807, 2.05) is 39.8 Å². The Labute approximate surface area is 148 Å². The summed E-state index contributed by atoms with van der Waals surface area (Å²) in [6, 6.07) is 10.5. The number of phenolic OH excluding ortho intramolecular Hbond substituents is 1. The van der Waals surface area contributed by atoms with E-state index in [4.69, 9.17) is 4.74 Å². The molecular weight excluding hydrogens is 318 g/mol. The third-order valence-electron chi connectivity index (χ3n) is 4.12. The minimum absolute atomic E-state index is 0.00252. The molecule has 0 saturated heterocycles. The molecule has 5 heteroatoms. The first-order chi connectivity index (χ1) is 11.7. The van der Waals surface area contributed by atoms with Gasteiger partial charge in [-0.05, 0) is 46.1 Å². The average Bonchev–Trinajstić information content (AvgIpc) is 2.54. The molecule has 0 aromatic heterocycles. The Bertz CT molecular complexity index is 774. The quantitative estimate of drug-likeness (QED) is 0.840. The fraction of sp³-hybridized carbons (Fsp3) is 0.400. The Morgan fingerprint density at radius 3 is 2.16 bits per heavy atom. The van der Waals surface area contributed by atoms with Crippen molar-refractivity contribution in [1.82, 2.24) is 4.90 Å². The van der Waals surface area contributed by atoms with Crippen molar-refractivity contribution in [1.29, 1.82) is 0 Å². The summed E-state index contributed by atoms with van der Waals surface area (Å²) in [6.45, 7) is 9.22. The molecule has 134 valence electrons. The first-order valence-electron chi connectivity index (χ1n) is 8.48. The fourth-order valence-corrected chi connectivity index (χ4v) is 3.01. The van der Waals surface area contributed by atoms with Crippen molar-refractivity contribution in [3.8, 4) is 5.75 Å². The molecule has 5 nitrogen and oxygen atoms in total. The third kappa shape index (κ3) is 3.92. The summed E-state index contributed by atoms with van der Waals surface area (Å²) in [5.41, 5.74) is 0.0546. The van der Waals surface area contributed by atoms with E-state index in [1.54, 1.807) is 30.0 Å². The van der Waals surface area contributed by atoms with Gasteiger partial charge in [0, 0.05) is 17.5 Å².